The van der Waals surface area contributed by atoms with E-state index in [4.69, 9.17) is 4.74 Å². The summed E-state index contributed by atoms with van der Waals surface area (Å²) in [6, 6.07) is 72.9. The van der Waals surface area contributed by atoms with Crippen molar-refractivity contribution in [2.24, 2.45) is 0 Å². The van der Waals surface area contributed by atoms with E-state index in [1.165, 1.54) is 54.8 Å². The van der Waals surface area contributed by atoms with E-state index in [9.17, 15) is 0 Å². The molecule has 0 saturated carbocycles. The molecule has 0 atom stereocenters. The molecular formula is C50H34N2O. The van der Waals surface area contributed by atoms with Crippen LogP contribution >= 0.6 is 0 Å². The number of aromatic nitrogens is 1. The maximum atomic E-state index is 6.11. The summed E-state index contributed by atoms with van der Waals surface area (Å²) in [5.41, 5.74) is 11.7. The average Bonchev–Trinajstić information content (AvgIpc) is 3.58. The van der Waals surface area contributed by atoms with Gasteiger partial charge in [0.1, 0.15) is 11.5 Å². The third-order valence-corrected chi connectivity index (χ3v) is 10.2. The van der Waals surface area contributed by atoms with Gasteiger partial charge in [0, 0.05) is 44.3 Å². The van der Waals surface area contributed by atoms with E-state index in [0.717, 1.165) is 34.1 Å². The van der Waals surface area contributed by atoms with Gasteiger partial charge in [-0.1, -0.05) is 140 Å². The van der Waals surface area contributed by atoms with Gasteiger partial charge in [-0.25, -0.2) is 0 Å². The predicted molar refractivity (Wildman–Crippen MR) is 222 cm³/mol. The second kappa shape index (κ2) is 12.9. The van der Waals surface area contributed by atoms with Gasteiger partial charge in [0.2, 0.25) is 0 Å². The quantitative estimate of drug-likeness (QED) is 0.156. The number of para-hydroxylation sites is 4. The van der Waals surface area contributed by atoms with Crippen molar-refractivity contribution in [2.75, 3.05) is 4.90 Å². The third kappa shape index (κ3) is 5.30. The number of hydrogen-bond acceptors (Lipinski definition) is 2. The van der Waals surface area contributed by atoms with Gasteiger partial charge in [-0.2, -0.15) is 0 Å². The smallest absolute Gasteiger partial charge is 0.127 e. The molecule has 10 rings (SSSR count). The van der Waals surface area contributed by atoms with E-state index in [0.29, 0.717) is 0 Å². The maximum absolute atomic E-state index is 6.11. The van der Waals surface area contributed by atoms with E-state index in [1.807, 2.05) is 42.5 Å². The lowest BCUT2D eigenvalue weighted by Gasteiger charge is -2.26. The SMILES string of the molecule is c1ccc(Oc2ccc(N(c3ccccc3)c3ccc(-c4cccc5c6ccccc6c6c(-c7ccccc7)c7ccccc7n6c45)cc3)cc2)cc1. The van der Waals surface area contributed by atoms with Crippen molar-refractivity contribution in [3.05, 3.63) is 206 Å². The first-order chi connectivity index (χ1) is 26.3. The zero-order valence-corrected chi connectivity index (χ0v) is 28.9. The van der Waals surface area contributed by atoms with Crippen LogP contribution in [-0.4, -0.2) is 4.40 Å². The van der Waals surface area contributed by atoms with E-state index >= 15 is 0 Å². The molecule has 10 aromatic rings. The highest BCUT2D eigenvalue weighted by Crippen LogP contribution is 2.45. The molecule has 53 heavy (non-hydrogen) atoms. The zero-order valence-electron chi connectivity index (χ0n) is 28.9. The predicted octanol–water partition coefficient (Wildman–Crippen LogP) is 14.0. The molecule has 0 saturated heterocycles. The number of benzene rings is 8. The molecule has 0 aliphatic rings. The Bertz CT molecular complexity index is 2880. The zero-order chi connectivity index (χ0) is 35.1. The molecule has 2 heterocycles. The molecule has 0 bridgehead atoms. The normalized spacial score (nSPS) is 11.4. The lowest BCUT2D eigenvalue weighted by atomic mass is 9.96. The Kier molecular flexibility index (Phi) is 7.47. The lowest BCUT2D eigenvalue weighted by Crippen LogP contribution is -2.09. The summed E-state index contributed by atoms with van der Waals surface area (Å²) >= 11 is 0. The van der Waals surface area contributed by atoms with Gasteiger partial charge in [-0.15, -0.1) is 0 Å². The lowest BCUT2D eigenvalue weighted by molar-refractivity contribution is 0.483. The van der Waals surface area contributed by atoms with Gasteiger partial charge in [0.15, 0.2) is 0 Å². The van der Waals surface area contributed by atoms with E-state index < -0.39 is 0 Å². The summed E-state index contributed by atoms with van der Waals surface area (Å²) in [5, 5.41) is 4.99. The van der Waals surface area contributed by atoms with Gasteiger partial charge in [0.05, 0.1) is 16.6 Å². The summed E-state index contributed by atoms with van der Waals surface area (Å²) < 4.78 is 8.62. The Morgan fingerprint density at radius 1 is 0.340 bits per heavy atom. The Balaban J connectivity index is 1.14. The highest BCUT2D eigenvalue weighted by molar-refractivity contribution is 6.23. The number of hydrogen-bond donors (Lipinski definition) is 0. The number of ether oxygens (including phenoxy) is 1. The molecule has 0 fully saturated rings. The van der Waals surface area contributed by atoms with Crippen LogP contribution in [-0.2, 0) is 0 Å². The molecule has 3 nitrogen and oxygen atoms in total. The van der Waals surface area contributed by atoms with Gasteiger partial charge < -0.3 is 14.0 Å². The van der Waals surface area contributed by atoms with Crippen molar-refractivity contribution in [3.8, 4) is 33.8 Å². The molecule has 0 unspecified atom stereocenters. The second-order valence-electron chi connectivity index (χ2n) is 13.3. The van der Waals surface area contributed by atoms with Crippen LogP contribution in [0.15, 0.2) is 206 Å². The van der Waals surface area contributed by atoms with Crippen LogP contribution in [0, 0.1) is 0 Å². The monoisotopic (exact) mass is 678 g/mol. The number of nitrogens with zero attached hydrogens (tertiary/aromatic N) is 2. The number of anilines is 3. The minimum atomic E-state index is 0.797. The molecule has 0 amide bonds. The molecule has 250 valence electrons. The highest BCUT2D eigenvalue weighted by atomic mass is 16.5. The van der Waals surface area contributed by atoms with Gasteiger partial charge in [-0.3, -0.25) is 0 Å². The van der Waals surface area contributed by atoms with E-state index in [-0.39, 0.29) is 0 Å². The first-order valence-electron chi connectivity index (χ1n) is 18.0. The Labute approximate surface area is 308 Å². The Hall–Kier alpha value is -7.10. The maximum Gasteiger partial charge on any atom is 0.127 e. The fourth-order valence-electron chi connectivity index (χ4n) is 7.89. The average molecular weight is 679 g/mol. The van der Waals surface area contributed by atoms with Crippen LogP contribution in [0.25, 0.3) is 60.3 Å². The summed E-state index contributed by atoms with van der Waals surface area (Å²) in [7, 11) is 0. The molecule has 2 aromatic heterocycles. The van der Waals surface area contributed by atoms with Crippen LogP contribution < -0.4 is 9.64 Å². The van der Waals surface area contributed by atoms with Crippen molar-refractivity contribution in [1.29, 1.82) is 0 Å². The minimum Gasteiger partial charge on any atom is -0.457 e. The minimum absolute atomic E-state index is 0.797. The van der Waals surface area contributed by atoms with E-state index in [2.05, 4.69) is 173 Å². The van der Waals surface area contributed by atoms with Crippen molar-refractivity contribution >= 4 is 55.2 Å². The van der Waals surface area contributed by atoms with Crippen molar-refractivity contribution in [3.63, 3.8) is 0 Å². The van der Waals surface area contributed by atoms with Crippen molar-refractivity contribution in [2.45, 2.75) is 0 Å². The molecule has 8 aromatic carbocycles. The molecule has 0 radical (unpaired) electrons. The topological polar surface area (TPSA) is 16.9 Å². The van der Waals surface area contributed by atoms with Crippen LogP contribution in [0.1, 0.15) is 0 Å². The Morgan fingerprint density at radius 2 is 0.849 bits per heavy atom. The van der Waals surface area contributed by atoms with Crippen LogP contribution in [0.4, 0.5) is 17.1 Å². The second-order valence-corrected chi connectivity index (χ2v) is 13.3. The Morgan fingerprint density at radius 3 is 1.57 bits per heavy atom. The summed E-state index contributed by atoms with van der Waals surface area (Å²) in [5.74, 6) is 1.62. The standard InChI is InChI=1S/C50H34N2O/c1-4-15-36(16-5-1)48-46-23-12-13-26-47(46)52-49-42(24-14-25-44(49)43-21-10-11-22-45(43)50(48)52)35-27-29-38(30-28-35)51(37-17-6-2-7-18-37)39-31-33-41(34-32-39)53-40-19-8-3-9-20-40/h1-34H. The van der Waals surface area contributed by atoms with Crippen molar-refractivity contribution < 1.29 is 4.74 Å². The van der Waals surface area contributed by atoms with Crippen LogP contribution in [0.5, 0.6) is 11.5 Å². The van der Waals surface area contributed by atoms with Crippen LogP contribution in [0.2, 0.25) is 0 Å². The summed E-state index contributed by atoms with van der Waals surface area (Å²) in [6.07, 6.45) is 0. The van der Waals surface area contributed by atoms with Gasteiger partial charge in [0.25, 0.3) is 0 Å². The number of rotatable bonds is 7. The van der Waals surface area contributed by atoms with Crippen LogP contribution in [0.3, 0.4) is 0 Å². The number of pyridine rings is 1. The van der Waals surface area contributed by atoms with E-state index in [1.54, 1.807) is 0 Å². The summed E-state index contributed by atoms with van der Waals surface area (Å²) in [6.45, 7) is 0. The number of fused-ring (bicyclic) bond motifs is 8. The molecule has 0 N–H and O–H groups in total. The first kappa shape index (κ1) is 30.7. The largest absolute Gasteiger partial charge is 0.457 e. The molecule has 0 aliphatic carbocycles. The molecular weight excluding hydrogens is 645 g/mol. The molecule has 0 spiro atoms. The fraction of sp³-hybridized carbons (Fsp3) is 0. The first-order valence-corrected chi connectivity index (χ1v) is 18.0. The third-order valence-electron chi connectivity index (χ3n) is 10.2. The summed E-state index contributed by atoms with van der Waals surface area (Å²) in [4.78, 5) is 2.29. The molecule has 3 heteroatoms. The van der Waals surface area contributed by atoms with Gasteiger partial charge in [-0.05, 0) is 83.2 Å². The van der Waals surface area contributed by atoms with Gasteiger partial charge >= 0.3 is 0 Å². The molecule has 0 aliphatic heterocycles. The fourth-order valence-corrected chi connectivity index (χ4v) is 7.89. The van der Waals surface area contributed by atoms with Crippen molar-refractivity contribution in [1.82, 2.24) is 4.40 Å². The highest BCUT2D eigenvalue weighted by Gasteiger charge is 2.21.